The SMILES string of the molecule is CCOC(=O)c1ccc(S(=O)(=O)N2CCC(C(=O)NCCCN3CCN(CC)CC3)CC2)cc1. The number of hydrogen-bond donors (Lipinski definition) is 1. The van der Waals surface area contributed by atoms with Crippen LogP contribution >= 0.6 is 0 Å². The van der Waals surface area contributed by atoms with Crippen molar-refractivity contribution in [2.24, 2.45) is 5.92 Å². The van der Waals surface area contributed by atoms with Gasteiger partial charge in [0.05, 0.1) is 17.1 Å². The summed E-state index contributed by atoms with van der Waals surface area (Å²) in [6.45, 7) is 11.9. The second-order valence-corrected chi connectivity index (χ2v) is 10.8. The van der Waals surface area contributed by atoms with E-state index in [1.54, 1.807) is 6.92 Å². The largest absolute Gasteiger partial charge is 0.462 e. The van der Waals surface area contributed by atoms with E-state index in [-0.39, 0.29) is 23.3 Å². The molecular formula is C24H38N4O5S. The molecule has 2 fully saturated rings. The second kappa shape index (κ2) is 12.6. The van der Waals surface area contributed by atoms with Gasteiger partial charge >= 0.3 is 5.97 Å². The van der Waals surface area contributed by atoms with Crippen LogP contribution in [0.1, 0.15) is 43.5 Å². The number of piperidine rings is 1. The van der Waals surface area contributed by atoms with Gasteiger partial charge in [-0.1, -0.05) is 6.92 Å². The van der Waals surface area contributed by atoms with Gasteiger partial charge in [-0.25, -0.2) is 13.2 Å². The molecule has 0 atom stereocenters. The van der Waals surface area contributed by atoms with Crippen molar-refractivity contribution in [1.82, 2.24) is 19.4 Å². The third-order valence-corrected chi connectivity index (χ3v) is 8.60. The zero-order valence-electron chi connectivity index (χ0n) is 20.4. The van der Waals surface area contributed by atoms with Crippen molar-refractivity contribution in [1.29, 1.82) is 0 Å². The third kappa shape index (κ3) is 7.00. The summed E-state index contributed by atoms with van der Waals surface area (Å²) in [6.07, 6.45) is 1.93. The minimum atomic E-state index is -3.66. The number of carbonyl (C=O) groups is 2. The normalized spacial score (nSPS) is 19.1. The number of carbonyl (C=O) groups excluding carboxylic acids is 2. The standard InChI is InChI=1S/C24H38N4O5S/c1-3-26-16-18-27(19-17-26)13-5-12-25-23(29)20-10-14-28(15-11-20)34(31,32)22-8-6-21(7-9-22)24(30)33-4-2/h6-9,20H,3-5,10-19H2,1-2H3,(H,25,29). The molecule has 1 amide bonds. The average Bonchev–Trinajstić information content (AvgIpc) is 2.87. The predicted octanol–water partition coefficient (Wildman–Crippen LogP) is 1.41. The van der Waals surface area contributed by atoms with Gasteiger partial charge in [-0.05, 0) is 63.5 Å². The van der Waals surface area contributed by atoms with Gasteiger partial charge in [-0.2, -0.15) is 4.31 Å². The topological polar surface area (TPSA) is 99.3 Å². The van der Waals surface area contributed by atoms with E-state index in [9.17, 15) is 18.0 Å². The molecule has 1 aromatic carbocycles. The Hall–Kier alpha value is -2.01. The molecule has 3 rings (SSSR count). The highest BCUT2D eigenvalue weighted by Crippen LogP contribution is 2.24. The summed E-state index contributed by atoms with van der Waals surface area (Å²) in [7, 11) is -3.66. The summed E-state index contributed by atoms with van der Waals surface area (Å²) in [5, 5.41) is 3.04. The lowest BCUT2D eigenvalue weighted by molar-refractivity contribution is -0.126. The van der Waals surface area contributed by atoms with Gasteiger partial charge in [0.15, 0.2) is 0 Å². The first-order valence-corrected chi connectivity index (χ1v) is 13.8. The molecule has 34 heavy (non-hydrogen) atoms. The number of rotatable bonds is 10. The fourth-order valence-electron chi connectivity index (χ4n) is 4.47. The molecule has 10 heteroatoms. The van der Waals surface area contributed by atoms with Gasteiger partial charge < -0.3 is 19.9 Å². The fourth-order valence-corrected chi connectivity index (χ4v) is 5.94. The smallest absolute Gasteiger partial charge is 0.338 e. The lowest BCUT2D eigenvalue weighted by Gasteiger charge is -2.34. The van der Waals surface area contributed by atoms with Gasteiger partial charge in [-0.3, -0.25) is 4.79 Å². The van der Waals surface area contributed by atoms with Crippen molar-refractivity contribution in [2.45, 2.75) is 38.0 Å². The number of sulfonamides is 1. The van der Waals surface area contributed by atoms with Crippen LogP contribution in [-0.2, 0) is 19.6 Å². The Morgan fingerprint density at radius 3 is 2.18 bits per heavy atom. The number of nitrogens with one attached hydrogen (secondary N) is 1. The summed E-state index contributed by atoms with van der Waals surface area (Å²) in [5.74, 6) is -0.616. The molecule has 2 aliphatic rings. The molecule has 0 spiro atoms. The van der Waals surface area contributed by atoms with E-state index in [1.165, 1.54) is 28.6 Å². The number of benzene rings is 1. The molecule has 0 aromatic heterocycles. The highest BCUT2D eigenvalue weighted by atomic mass is 32.2. The van der Waals surface area contributed by atoms with Crippen LogP contribution in [0.3, 0.4) is 0 Å². The molecule has 0 saturated carbocycles. The number of esters is 1. The van der Waals surface area contributed by atoms with Gasteiger partial charge in [-0.15, -0.1) is 0 Å². The monoisotopic (exact) mass is 494 g/mol. The van der Waals surface area contributed by atoms with E-state index in [2.05, 4.69) is 22.0 Å². The summed E-state index contributed by atoms with van der Waals surface area (Å²) in [5.41, 5.74) is 0.319. The Morgan fingerprint density at radius 1 is 0.971 bits per heavy atom. The predicted molar refractivity (Wildman–Crippen MR) is 130 cm³/mol. The number of ether oxygens (including phenoxy) is 1. The maximum atomic E-state index is 13.0. The third-order valence-electron chi connectivity index (χ3n) is 6.69. The number of amides is 1. The van der Waals surface area contributed by atoms with Crippen LogP contribution < -0.4 is 5.32 Å². The molecule has 1 N–H and O–H groups in total. The quantitative estimate of drug-likeness (QED) is 0.388. The Balaban J connectivity index is 1.40. The summed E-state index contributed by atoms with van der Waals surface area (Å²) < 4.78 is 32.3. The lowest BCUT2D eigenvalue weighted by Crippen LogP contribution is -2.47. The first-order valence-electron chi connectivity index (χ1n) is 12.3. The number of likely N-dealkylation sites (N-methyl/N-ethyl adjacent to an activating group) is 1. The summed E-state index contributed by atoms with van der Waals surface area (Å²) >= 11 is 0. The first-order chi connectivity index (χ1) is 16.3. The van der Waals surface area contributed by atoms with Crippen molar-refractivity contribution in [3.05, 3.63) is 29.8 Å². The van der Waals surface area contributed by atoms with Gasteiger partial charge in [0, 0.05) is 51.7 Å². The molecule has 2 aliphatic heterocycles. The molecule has 0 bridgehead atoms. The van der Waals surface area contributed by atoms with Crippen LogP contribution in [0.25, 0.3) is 0 Å². The van der Waals surface area contributed by atoms with Crippen LogP contribution in [0.5, 0.6) is 0 Å². The van der Waals surface area contributed by atoms with E-state index in [4.69, 9.17) is 4.74 Å². The van der Waals surface area contributed by atoms with Crippen molar-refractivity contribution in [3.63, 3.8) is 0 Å². The Morgan fingerprint density at radius 2 is 1.59 bits per heavy atom. The van der Waals surface area contributed by atoms with Crippen molar-refractivity contribution in [2.75, 3.05) is 65.5 Å². The van der Waals surface area contributed by atoms with Crippen LogP contribution in [0.2, 0.25) is 0 Å². The zero-order chi connectivity index (χ0) is 24.6. The average molecular weight is 495 g/mol. The van der Waals surface area contributed by atoms with Crippen LogP contribution in [-0.4, -0.2) is 99.9 Å². The maximum absolute atomic E-state index is 13.0. The van der Waals surface area contributed by atoms with E-state index in [0.717, 1.165) is 45.7 Å². The van der Waals surface area contributed by atoms with Crippen LogP contribution in [0.4, 0.5) is 0 Å². The van der Waals surface area contributed by atoms with Crippen LogP contribution in [0.15, 0.2) is 29.2 Å². The lowest BCUT2D eigenvalue weighted by atomic mass is 9.97. The minimum Gasteiger partial charge on any atom is -0.462 e. The van der Waals surface area contributed by atoms with E-state index >= 15 is 0 Å². The van der Waals surface area contributed by atoms with Crippen molar-refractivity contribution in [3.8, 4) is 0 Å². The molecule has 2 saturated heterocycles. The summed E-state index contributed by atoms with van der Waals surface area (Å²) in [6, 6.07) is 5.80. The van der Waals surface area contributed by atoms with Crippen molar-refractivity contribution >= 4 is 21.9 Å². The van der Waals surface area contributed by atoms with E-state index in [0.29, 0.717) is 38.0 Å². The van der Waals surface area contributed by atoms with Gasteiger partial charge in [0.1, 0.15) is 0 Å². The van der Waals surface area contributed by atoms with Gasteiger partial charge in [0.25, 0.3) is 0 Å². The minimum absolute atomic E-state index is 0.0200. The Kier molecular flexibility index (Phi) is 9.87. The highest BCUT2D eigenvalue weighted by molar-refractivity contribution is 7.89. The highest BCUT2D eigenvalue weighted by Gasteiger charge is 2.32. The van der Waals surface area contributed by atoms with Crippen LogP contribution in [0, 0.1) is 5.92 Å². The summed E-state index contributed by atoms with van der Waals surface area (Å²) in [4.78, 5) is 29.4. The molecule has 2 heterocycles. The molecule has 0 radical (unpaired) electrons. The van der Waals surface area contributed by atoms with E-state index < -0.39 is 16.0 Å². The Bertz CT molecular complexity index is 906. The maximum Gasteiger partial charge on any atom is 0.338 e. The molecule has 1 aromatic rings. The fraction of sp³-hybridized carbons (Fsp3) is 0.667. The molecule has 0 aliphatic carbocycles. The second-order valence-electron chi connectivity index (χ2n) is 8.84. The first kappa shape index (κ1) is 26.6. The number of piperazine rings is 1. The van der Waals surface area contributed by atoms with Crippen molar-refractivity contribution < 1.29 is 22.7 Å². The molecular weight excluding hydrogens is 456 g/mol. The van der Waals surface area contributed by atoms with E-state index in [1.807, 2.05) is 0 Å². The number of hydrogen-bond acceptors (Lipinski definition) is 7. The number of nitrogens with zero attached hydrogens (tertiary/aromatic N) is 3. The molecule has 190 valence electrons. The molecule has 9 nitrogen and oxygen atoms in total. The van der Waals surface area contributed by atoms with Gasteiger partial charge in [0.2, 0.25) is 15.9 Å². The Labute approximate surface area is 203 Å². The molecule has 0 unspecified atom stereocenters. The zero-order valence-corrected chi connectivity index (χ0v) is 21.2.